The van der Waals surface area contributed by atoms with Crippen molar-refractivity contribution in [2.45, 2.75) is 12.5 Å². The number of rotatable bonds is 4. The quantitative estimate of drug-likeness (QED) is 0.879. The maximum Gasteiger partial charge on any atom is 0.131 e. The van der Waals surface area contributed by atoms with Crippen molar-refractivity contribution >= 4 is 21.6 Å². The van der Waals surface area contributed by atoms with E-state index in [-0.39, 0.29) is 5.56 Å². The van der Waals surface area contributed by atoms with Crippen molar-refractivity contribution in [2.75, 3.05) is 11.9 Å². The third kappa shape index (κ3) is 2.83. The van der Waals surface area contributed by atoms with Crippen LogP contribution in [-0.4, -0.2) is 11.7 Å². The molecule has 0 amide bonds. The minimum atomic E-state index is -1.26. The van der Waals surface area contributed by atoms with Crippen LogP contribution in [0.2, 0.25) is 0 Å². The Labute approximate surface area is 124 Å². The van der Waals surface area contributed by atoms with Gasteiger partial charge >= 0.3 is 0 Å². The molecule has 106 valence electrons. The summed E-state index contributed by atoms with van der Waals surface area (Å²) < 4.78 is 28.6. The van der Waals surface area contributed by atoms with Crippen LogP contribution in [0.25, 0.3) is 0 Å². The van der Waals surface area contributed by atoms with Crippen LogP contribution in [-0.2, 0) is 5.54 Å². The molecule has 1 unspecified atom stereocenters. The fraction of sp³-hybridized carbons (Fsp3) is 0.200. The van der Waals surface area contributed by atoms with Gasteiger partial charge in [0.1, 0.15) is 11.6 Å². The van der Waals surface area contributed by atoms with Crippen molar-refractivity contribution in [2.24, 2.45) is 0 Å². The third-order valence-corrected chi connectivity index (χ3v) is 3.81. The Bertz CT molecular complexity index is 600. The minimum absolute atomic E-state index is 0.182. The first-order valence-electron chi connectivity index (χ1n) is 6.06. The first-order valence-corrected chi connectivity index (χ1v) is 6.85. The molecule has 0 heterocycles. The standard InChI is InChI=1S/C15H14BrF2NO/c1-15(9-20,14-11(17)6-4-7-12(14)18)19-13-8-3-2-5-10(13)16/h2-8,19-20H,9H2,1H3. The maximum absolute atomic E-state index is 13.9. The van der Waals surface area contributed by atoms with E-state index in [0.717, 1.165) is 4.47 Å². The molecule has 0 fully saturated rings. The number of benzene rings is 2. The lowest BCUT2D eigenvalue weighted by molar-refractivity contribution is 0.216. The van der Waals surface area contributed by atoms with Crippen LogP contribution < -0.4 is 5.32 Å². The molecule has 2 aromatic carbocycles. The molecule has 0 saturated heterocycles. The predicted molar refractivity (Wildman–Crippen MR) is 78.6 cm³/mol. The summed E-state index contributed by atoms with van der Waals surface area (Å²) >= 11 is 3.36. The Morgan fingerprint density at radius 1 is 1.10 bits per heavy atom. The van der Waals surface area contributed by atoms with Crippen molar-refractivity contribution in [3.63, 3.8) is 0 Å². The monoisotopic (exact) mass is 341 g/mol. The molecular weight excluding hydrogens is 328 g/mol. The summed E-state index contributed by atoms with van der Waals surface area (Å²) in [7, 11) is 0. The molecule has 2 aromatic rings. The number of aliphatic hydroxyl groups is 1. The van der Waals surface area contributed by atoms with E-state index in [9.17, 15) is 13.9 Å². The number of para-hydroxylation sites is 1. The van der Waals surface area contributed by atoms with E-state index in [1.165, 1.54) is 18.2 Å². The minimum Gasteiger partial charge on any atom is -0.394 e. The van der Waals surface area contributed by atoms with Crippen LogP contribution in [0.5, 0.6) is 0 Å². The van der Waals surface area contributed by atoms with E-state index >= 15 is 0 Å². The van der Waals surface area contributed by atoms with Gasteiger partial charge in [0, 0.05) is 10.2 Å². The van der Waals surface area contributed by atoms with Gasteiger partial charge in [-0.05, 0) is 47.1 Å². The van der Waals surface area contributed by atoms with Gasteiger partial charge in [-0.15, -0.1) is 0 Å². The molecule has 2 rings (SSSR count). The molecule has 0 radical (unpaired) electrons. The smallest absolute Gasteiger partial charge is 0.131 e. The van der Waals surface area contributed by atoms with Gasteiger partial charge in [0.2, 0.25) is 0 Å². The molecule has 2 N–H and O–H groups in total. The second kappa shape index (κ2) is 5.89. The fourth-order valence-electron chi connectivity index (χ4n) is 2.07. The van der Waals surface area contributed by atoms with Gasteiger partial charge in [-0.2, -0.15) is 0 Å². The van der Waals surface area contributed by atoms with Gasteiger partial charge in [-0.25, -0.2) is 8.78 Å². The molecular formula is C15H14BrF2NO. The SMILES string of the molecule is CC(CO)(Nc1ccccc1Br)c1c(F)cccc1F. The largest absolute Gasteiger partial charge is 0.394 e. The van der Waals surface area contributed by atoms with Crippen LogP contribution in [0.4, 0.5) is 14.5 Å². The molecule has 20 heavy (non-hydrogen) atoms. The fourth-order valence-corrected chi connectivity index (χ4v) is 2.45. The zero-order valence-corrected chi connectivity index (χ0v) is 12.4. The normalized spacial score (nSPS) is 13.8. The highest BCUT2D eigenvalue weighted by atomic mass is 79.9. The Morgan fingerprint density at radius 3 is 2.25 bits per heavy atom. The molecule has 5 heteroatoms. The van der Waals surface area contributed by atoms with Crippen LogP contribution in [0, 0.1) is 11.6 Å². The van der Waals surface area contributed by atoms with Gasteiger partial charge in [0.05, 0.1) is 17.7 Å². The molecule has 0 aliphatic rings. The van der Waals surface area contributed by atoms with E-state index in [1.54, 1.807) is 25.1 Å². The lowest BCUT2D eigenvalue weighted by atomic mass is 9.91. The van der Waals surface area contributed by atoms with Crippen molar-refractivity contribution in [1.82, 2.24) is 0 Å². The molecule has 0 aromatic heterocycles. The van der Waals surface area contributed by atoms with E-state index in [2.05, 4.69) is 21.2 Å². The van der Waals surface area contributed by atoms with Gasteiger partial charge < -0.3 is 10.4 Å². The highest BCUT2D eigenvalue weighted by Gasteiger charge is 2.32. The van der Waals surface area contributed by atoms with Gasteiger partial charge in [0.15, 0.2) is 0 Å². The van der Waals surface area contributed by atoms with Crippen LogP contribution in [0.3, 0.4) is 0 Å². The molecule has 0 aliphatic heterocycles. The first kappa shape index (κ1) is 14.9. The van der Waals surface area contributed by atoms with Crippen molar-refractivity contribution < 1.29 is 13.9 Å². The van der Waals surface area contributed by atoms with Gasteiger partial charge in [-0.3, -0.25) is 0 Å². The lowest BCUT2D eigenvalue weighted by Crippen LogP contribution is -2.38. The summed E-state index contributed by atoms with van der Waals surface area (Å²) in [4.78, 5) is 0. The summed E-state index contributed by atoms with van der Waals surface area (Å²) in [6, 6.07) is 10.8. The Hall–Kier alpha value is -1.46. The zero-order valence-electron chi connectivity index (χ0n) is 10.8. The predicted octanol–water partition coefficient (Wildman–Crippen LogP) is 4.05. The summed E-state index contributed by atoms with van der Waals surface area (Å²) in [5.74, 6) is -1.39. The summed E-state index contributed by atoms with van der Waals surface area (Å²) in [5.41, 5.74) is -0.802. The third-order valence-electron chi connectivity index (χ3n) is 3.12. The van der Waals surface area contributed by atoms with Crippen LogP contribution >= 0.6 is 15.9 Å². The van der Waals surface area contributed by atoms with E-state index in [0.29, 0.717) is 5.69 Å². The maximum atomic E-state index is 13.9. The zero-order chi connectivity index (χ0) is 14.8. The molecule has 0 saturated carbocycles. The van der Waals surface area contributed by atoms with Gasteiger partial charge in [0.25, 0.3) is 0 Å². The van der Waals surface area contributed by atoms with Crippen molar-refractivity contribution in [3.8, 4) is 0 Å². The number of nitrogens with one attached hydrogen (secondary N) is 1. The summed E-state index contributed by atoms with van der Waals surface area (Å²) in [6.45, 7) is 1.10. The highest BCUT2D eigenvalue weighted by Crippen LogP contribution is 2.32. The molecule has 0 aliphatic carbocycles. The number of anilines is 1. The highest BCUT2D eigenvalue weighted by molar-refractivity contribution is 9.10. The molecule has 0 bridgehead atoms. The van der Waals surface area contributed by atoms with Crippen LogP contribution in [0.15, 0.2) is 46.9 Å². The second-order valence-electron chi connectivity index (χ2n) is 4.69. The molecule has 2 nitrogen and oxygen atoms in total. The Balaban J connectivity index is 2.47. The van der Waals surface area contributed by atoms with Crippen LogP contribution in [0.1, 0.15) is 12.5 Å². The van der Waals surface area contributed by atoms with Crippen molar-refractivity contribution in [1.29, 1.82) is 0 Å². The number of hydrogen-bond donors (Lipinski definition) is 2. The lowest BCUT2D eigenvalue weighted by Gasteiger charge is -2.31. The van der Waals surface area contributed by atoms with E-state index < -0.39 is 23.8 Å². The number of aliphatic hydroxyl groups excluding tert-OH is 1. The second-order valence-corrected chi connectivity index (χ2v) is 5.55. The van der Waals surface area contributed by atoms with E-state index in [4.69, 9.17) is 0 Å². The molecule has 0 spiro atoms. The Kier molecular flexibility index (Phi) is 4.40. The average molecular weight is 342 g/mol. The van der Waals surface area contributed by atoms with Crippen molar-refractivity contribution in [3.05, 3.63) is 64.1 Å². The number of halogens is 3. The first-order chi connectivity index (χ1) is 9.48. The van der Waals surface area contributed by atoms with E-state index in [1.807, 2.05) is 6.07 Å². The summed E-state index contributed by atoms with van der Waals surface area (Å²) in [6.07, 6.45) is 0. The van der Waals surface area contributed by atoms with Gasteiger partial charge in [-0.1, -0.05) is 18.2 Å². The summed E-state index contributed by atoms with van der Waals surface area (Å²) in [5, 5.41) is 12.6. The topological polar surface area (TPSA) is 32.3 Å². The average Bonchev–Trinajstić information content (AvgIpc) is 2.41. The molecule has 1 atom stereocenters. The number of hydrogen-bond acceptors (Lipinski definition) is 2. The Morgan fingerprint density at radius 2 is 1.70 bits per heavy atom.